The maximum Gasteiger partial charge on any atom is 4.00 e. The van der Waals surface area contributed by atoms with Gasteiger partial charge in [-0.1, -0.05) is 0 Å². The third-order valence-electron chi connectivity index (χ3n) is 0. The van der Waals surface area contributed by atoms with Gasteiger partial charge in [0.25, 0.3) is 0 Å². The van der Waals surface area contributed by atoms with Crippen LogP contribution in [-0.4, -0.2) is 0 Å². The Morgan fingerprint density at radius 3 is 0.538 bits per heavy atom. The quantitative estimate of drug-likeness (QED) is 0.285. The first kappa shape index (κ1) is 30.7. The summed E-state index contributed by atoms with van der Waals surface area (Å²) >= 11 is 0. The molecular formula is C4N4O4Ti. The molecule has 0 bridgehead atoms. The molecule has 0 N–H and O–H groups in total. The number of rotatable bonds is 0. The minimum absolute atomic E-state index is 0. The summed E-state index contributed by atoms with van der Waals surface area (Å²) in [6.07, 6.45) is 2.00. The van der Waals surface area contributed by atoms with Crippen LogP contribution >= 0.6 is 0 Å². The van der Waals surface area contributed by atoms with Crippen LogP contribution < -0.4 is 20.4 Å². The molecule has 0 radical (unpaired) electrons. The van der Waals surface area contributed by atoms with Crippen LogP contribution in [-0.2, 0) is 21.7 Å². The normalized spacial score (nSPS) is 2.15. The summed E-state index contributed by atoms with van der Waals surface area (Å²) in [6.45, 7) is 0. The largest absolute Gasteiger partial charge is 4.00 e. The van der Waals surface area contributed by atoms with Crippen LogP contribution in [0.5, 0.6) is 0 Å². The van der Waals surface area contributed by atoms with Crippen molar-refractivity contribution in [1.82, 2.24) is 0 Å². The molecule has 0 heterocycles. The molecule has 0 aliphatic heterocycles. The average molecular weight is 216 g/mol. The van der Waals surface area contributed by atoms with E-state index in [-0.39, 0.29) is 21.7 Å². The molecule has 0 aliphatic carbocycles. The van der Waals surface area contributed by atoms with Crippen molar-refractivity contribution in [2.45, 2.75) is 0 Å². The van der Waals surface area contributed by atoms with Gasteiger partial charge in [-0.3, -0.25) is 0 Å². The summed E-state index contributed by atoms with van der Waals surface area (Å²) < 4.78 is 0. The van der Waals surface area contributed by atoms with Gasteiger partial charge >= 0.3 is 21.7 Å². The summed E-state index contributed by atoms with van der Waals surface area (Å²) in [6, 6.07) is 0. The molecule has 0 rings (SSSR count). The van der Waals surface area contributed by atoms with E-state index in [0.29, 0.717) is 25.0 Å². The van der Waals surface area contributed by atoms with Gasteiger partial charge in [0.2, 0.25) is 0 Å². The van der Waals surface area contributed by atoms with E-state index in [1.165, 1.54) is 0 Å². The van der Waals surface area contributed by atoms with Crippen molar-refractivity contribution in [2.75, 3.05) is 0 Å². The molecule has 0 aliphatic rings. The van der Waals surface area contributed by atoms with Crippen LogP contribution in [0.15, 0.2) is 0 Å². The summed E-state index contributed by atoms with van der Waals surface area (Å²) in [5, 5.41) is 60.0. The van der Waals surface area contributed by atoms with Gasteiger partial charge in [0, 0.05) is 25.0 Å². The monoisotopic (exact) mass is 216 g/mol. The molecule has 64 valence electrons. The summed E-state index contributed by atoms with van der Waals surface area (Å²) in [4.78, 5) is 0. The second-order valence-electron chi connectivity index (χ2n) is 0.365. The standard InChI is InChI=1S/4CHNO.Ti/c4*2-1-3;/h4*3H;/q;;;;+4/p-4. The van der Waals surface area contributed by atoms with Crippen LogP contribution in [0.3, 0.4) is 0 Å². The Hall–Kier alpha value is -2.13. The van der Waals surface area contributed by atoms with E-state index >= 15 is 0 Å². The Balaban J connectivity index is -0.0000000213. The number of hydrogen-bond donors (Lipinski definition) is 0. The van der Waals surface area contributed by atoms with Crippen molar-refractivity contribution in [2.24, 2.45) is 0 Å². The zero-order valence-corrected chi connectivity index (χ0v) is 7.48. The first-order valence-electron chi connectivity index (χ1n) is 1.71. The minimum atomic E-state index is 0. The summed E-state index contributed by atoms with van der Waals surface area (Å²) in [5.74, 6) is 0. The van der Waals surface area contributed by atoms with Gasteiger partial charge < -0.3 is 20.4 Å². The molecule has 0 atom stereocenters. The van der Waals surface area contributed by atoms with E-state index in [0.717, 1.165) is 0 Å². The molecule has 0 amide bonds. The van der Waals surface area contributed by atoms with Gasteiger partial charge in [0.05, 0.1) is 0 Å². The van der Waals surface area contributed by atoms with Gasteiger partial charge in [-0.2, -0.15) is 0 Å². The maximum atomic E-state index is 8.24. The SMILES string of the molecule is N#C[O-].N#C[O-].N#C[O-].N#C[O-].[Ti+4]. The predicted octanol–water partition coefficient (Wildman–Crippen LogP) is -4.69. The van der Waals surface area contributed by atoms with Crippen LogP contribution in [0.25, 0.3) is 0 Å². The number of nitriles is 4. The number of hydrogen-bond acceptors (Lipinski definition) is 8. The molecule has 0 aromatic heterocycles. The van der Waals surface area contributed by atoms with Gasteiger partial charge in [-0.15, -0.1) is 0 Å². The fourth-order valence-corrected chi connectivity index (χ4v) is 0. The van der Waals surface area contributed by atoms with E-state index in [4.69, 9.17) is 41.5 Å². The van der Waals surface area contributed by atoms with Gasteiger partial charge in [-0.05, 0) is 0 Å². The van der Waals surface area contributed by atoms with Crippen molar-refractivity contribution in [3.8, 4) is 25.0 Å². The Morgan fingerprint density at radius 2 is 0.538 bits per heavy atom. The fourth-order valence-electron chi connectivity index (χ4n) is 0. The van der Waals surface area contributed by atoms with Crippen LogP contribution in [0.1, 0.15) is 0 Å². The Kier molecular flexibility index (Phi) is 523. The van der Waals surface area contributed by atoms with Crippen molar-refractivity contribution in [1.29, 1.82) is 21.0 Å². The smallest absolute Gasteiger partial charge is 0.812 e. The van der Waals surface area contributed by atoms with Crippen molar-refractivity contribution in [3.05, 3.63) is 0 Å². The molecule has 9 heteroatoms. The second kappa shape index (κ2) is 221. The average Bonchev–Trinajstić information content (AvgIpc) is 1.92. The van der Waals surface area contributed by atoms with Gasteiger partial charge in [0.15, 0.2) is 0 Å². The Labute approximate surface area is 88.6 Å². The molecule has 8 nitrogen and oxygen atoms in total. The van der Waals surface area contributed by atoms with E-state index in [2.05, 4.69) is 0 Å². The molecule has 0 saturated carbocycles. The van der Waals surface area contributed by atoms with Crippen LogP contribution in [0.2, 0.25) is 0 Å². The Morgan fingerprint density at radius 1 is 0.538 bits per heavy atom. The fraction of sp³-hybridized carbons (Fsp3) is 0. The first-order chi connectivity index (χ1) is 5.66. The molecule has 0 unspecified atom stereocenters. The van der Waals surface area contributed by atoms with Crippen molar-refractivity contribution in [3.63, 3.8) is 0 Å². The van der Waals surface area contributed by atoms with E-state index in [1.54, 1.807) is 0 Å². The van der Waals surface area contributed by atoms with Crippen LogP contribution in [0, 0.1) is 46.1 Å². The molecular weight excluding hydrogens is 216 g/mol. The van der Waals surface area contributed by atoms with E-state index < -0.39 is 0 Å². The van der Waals surface area contributed by atoms with E-state index in [1.807, 2.05) is 0 Å². The third kappa shape index (κ3) is 135. The van der Waals surface area contributed by atoms with E-state index in [9.17, 15) is 0 Å². The molecule has 0 fully saturated rings. The zero-order chi connectivity index (χ0) is 10.8. The topological polar surface area (TPSA) is 187 Å². The molecule has 13 heavy (non-hydrogen) atoms. The number of nitrogens with zero attached hydrogens (tertiary/aromatic N) is 4. The first-order valence-corrected chi connectivity index (χ1v) is 1.71. The van der Waals surface area contributed by atoms with Gasteiger partial charge in [0.1, 0.15) is 0 Å². The maximum absolute atomic E-state index is 8.24. The van der Waals surface area contributed by atoms with Gasteiger partial charge in [-0.25, -0.2) is 21.0 Å². The second-order valence-corrected chi connectivity index (χ2v) is 0.365. The van der Waals surface area contributed by atoms with Crippen LogP contribution in [0.4, 0.5) is 0 Å². The molecule has 0 aromatic carbocycles. The summed E-state index contributed by atoms with van der Waals surface area (Å²) in [5.41, 5.74) is 0. The Bertz CT molecular complexity index is 158. The zero-order valence-electron chi connectivity index (χ0n) is 5.92. The van der Waals surface area contributed by atoms with Crippen molar-refractivity contribution < 1.29 is 42.1 Å². The molecule has 0 aromatic rings. The minimum Gasteiger partial charge on any atom is -0.812 e. The van der Waals surface area contributed by atoms with Crippen molar-refractivity contribution >= 4 is 0 Å². The summed E-state index contributed by atoms with van der Waals surface area (Å²) in [7, 11) is 0. The third-order valence-corrected chi connectivity index (χ3v) is 0. The molecule has 0 spiro atoms. The molecule has 0 saturated heterocycles. The predicted molar refractivity (Wildman–Crippen MR) is 22.5 cm³/mol.